The standard InChI is InChI=1S/C28H27ClN4O3/c1-18(2)20-8-12-22(13-9-20)33-26(34)24-15-23(25-5-4-14-36-25)31-32(24)17-28(33,3)27(35)30-16-19-6-10-21(29)11-7-19/h4-15,18H,16-17H2,1-3H3,(H,30,35). The number of anilines is 1. The summed E-state index contributed by atoms with van der Waals surface area (Å²) in [6.07, 6.45) is 1.56. The summed E-state index contributed by atoms with van der Waals surface area (Å²) in [6, 6.07) is 20.4. The number of hydrogen-bond acceptors (Lipinski definition) is 4. The van der Waals surface area contributed by atoms with Gasteiger partial charge in [-0.3, -0.25) is 19.2 Å². The van der Waals surface area contributed by atoms with E-state index in [2.05, 4.69) is 24.3 Å². The monoisotopic (exact) mass is 502 g/mol. The van der Waals surface area contributed by atoms with Crippen LogP contribution < -0.4 is 10.2 Å². The summed E-state index contributed by atoms with van der Waals surface area (Å²) in [5.41, 5.74) is 2.44. The minimum Gasteiger partial charge on any atom is -0.463 e. The molecule has 2 aromatic heterocycles. The molecule has 5 rings (SSSR count). The highest BCUT2D eigenvalue weighted by Gasteiger charge is 2.49. The Labute approximate surface area is 214 Å². The minimum absolute atomic E-state index is 0.188. The fraction of sp³-hybridized carbons (Fsp3) is 0.250. The molecule has 1 aliphatic heterocycles. The van der Waals surface area contributed by atoms with Crippen LogP contribution in [0.25, 0.3) is 11.5 Å². The van der Waals surface area contributed by atoms with Crippen LogP contribution in [0, 0.1) is 0 Å². The lowest BCUT2D eigenvalue weighted by atomic mass is 9.93. The molecule has 0 aliphatic carbocycles. The molecule has 184 valence electrons. The zero-order chi connectivity index (χ0) is 25.4. The van der Waals surface area contributed by atoms with Crippen molar-refractivity contribution in [2.45, 2.75) is 45.3 Å². The first-order valence-corrected chi connectivity index (χ1v) is 12.2. The third-order valence-electron chi connectivity index (χ3n) is 6.60. The summed E-state index contributed by atoms with van der Waals surface area (Å²) < 4.78 is 7.08. The van der Waals surface area contributed by atoms with Gasteiger partial charge >= 0.3 is 0 Å². The number of rotatable bonds is 6. The highest BCUT2D eigenvalue weighted by atomic mass is 35.5. The molecular formula is C28H27ClN4O3. The van der Waals surface area contributed by atoms with Crippen LogP contribution in [0.1, 0.15) is 48.3 Å². The van der Waals surface area contributed by atoms with Gasteiger partial charge in [0, 0.05) is 23.3 Å². The van der Waals surface area contributed by atoms with E-state index in [-0.39, 0.29) is 18.4 Å². The van der Waals surface area contributed by atoms with Crippen molar-refractivity contribution in [3.63, 3.8) is 0 Å². The maximum atomic E-state index is 13.9. The van der Waals surface area contributed by atoms with Crippen molar-refractivity contribution in [1.82, 2.24) is 15.1 Å². The average Bonchev–Trinajstić information content (AvgIpc) is 3.54. The molecule has 0 saturated carbocycles. The van der Waals surface area contributed by atoms with E-state index in [0.717, 1.165) is 11.1 Å². The highest BCUT2D eigenvalue weighted by molar-refractivity contribution is 6.30. The van der Waals surface area contributed by atoms with Gasteiger partial charge in [0.05, 0.1) is 12.8 Å². The number of amides is 2. The molecule has 4 aromatic rings. The fourth-order valence-electron chi connectivity index (χ4n) is 4.51. The van der Waals surface area contributed by atoms with Crippen molar-refractivity contribution in [3.8, 4) is 11.5 Å². The Hall–Kier alpha value is -3.84. The molecule has 36 heavy (non-hydrogen) atoms. The molecule has 7 nitrogen and oxygen atoms in total. The molecule has 0 radical (unpaired) electrons. The second-order valence-corrected chi connectivity index (χ2v) is 9.96. The Morgan fingerprint density at radius 3 is 2.50 bits per heavy atom. The quantitative estimate of drug-likeness (QED) is 0.369. The van der Waals surface area contributed by atoms with E-state index in [1.54, 1.807) is 53.1 Å². The lowest BCUT2D eigenvalue weighted by Crippen LogP contribution is -2.64. The van der Waals surface area contributed by atoms with Gasteiger partial charge in [-0.05, 0) is 60.4 Å². The zero-order valence-corrected chi connectivity index (χ0v) is 21.1. The van der Waals surface area contributed by atoms with Gasteiger partial charge in [0.2, 0.25) is 5.91 Å². The number of benzene rings is 2. The SMILES string of the molecule is CC(C)c1ccc(N2C(=O)c3cc(-c4ccco4)nn3CC2(C)C(=O)NCc2ccc(Cl)cc2)cc1. The number of carbonyl (C=O) groups excluding carboxylic acids is 2. The molecule has 0 saturated heterocycles. The highest BCUT2D eigenvalue weighted by Crippen LogP contribution is 2.35. The summed E-state index contributed by atoms with van der Waals surface area (Å²) in [4.78, 5) is 29.2. The van der Waals surface area contributed by atoms with E-state index in [1.807, 2.05) is 36.4 Å². The predicted molar refractivity (Wildman–Crippen MR) is 139 cm³/mol. The van der Waals surface area contributed by atoms with Crippen LogP contribution in [-0.2, 0) is 17.9 Å². The van der Waals surface area contributed by atoms with E-state index < -0.39 is 5.54 Å². The van der Waals surface area contributed by atoms with Gasteiger partial charge in [-0.2, -0.15) is 5.10 Å². The normalized spacial score (nSPS) is 17.4. The van der Waals surface area contributed by atoms with Crippen LogP contribution in [0.4, 0.5) is 5.69 Å². The third kappa shape index (κ3) is 4.31. The van der Waals surface area contributed by atoms with Gasteiger partial charge in [-0.1, -0.05) is 49.7 Å². The molecule has 0 spiro atoms. The Bertz CT molecular complexity index is 1390. The number of carbonyl (C=O) groups is 2. The number of aromatic nitrogens is 2. The minimum atomic E-state index is -1.22. The van der Waals surface area contributed by atoms with E-state index in [1.165, 1.54) is 0 Å². The van der Waals surface area contributed by atoms with Crippen molar-refractivity contribution in [2.24, 2.45) is 0 Å². The summed E-state index contributed by atoms with van der Waals surface area (Å²) in [5, 5.41) is 8.23. The van der Waals surface area contributed by atoms with E-state index in [4.69, 9.17) is 16.0 Å². The largest absolute Gasteiger partial charge is 0.463 e. The van der Waals surface area contributed by atoms with E-state index >= 15 is 0 Å². The van der Waals surface area contributed by atoms with Gasteiger partial charge < -0.3 is 9.73 Å². The molecular weight excluding hydrogens is 476 g/mol. The topological polar surface area (TPSA) is 80.4 Å². The first-order valence-electron chi connectivity index (χ1n) is 11.9. The number of nitrogens with one attached hydrogen (secondary N) is 1. The molecule has 2 aromatic carbocycles. The predicted octanol–water partition coefficient (Wildman–Crippen LogP) is 5.66. The third-order valence-corrected chi connectivity index (χ3v) is 6.85. The molecule has 2 amide bonds. The average molecular weight is 503 g/mol. The lowest BCUT2D eigenvalue weighted by Gasteiger charge is -2.43. The van der Waals surface area contributed by atoms with Crippen molar-refractivity contribution >= 4 is 29.1 Å². The molecule has 0 fully saturated rings. The summed E-state index contributed by atoms with van der Waals surface area (Å²) in [7, 11) is 0. The van der Waals surface area contributed by atoms with Crippen molar-refractivity contribution in [3.05, 3.63) is 94.8 Å². The number of hydrogen-bond donors (Lipinski definition) is 1. The Morgan fingerprint density at radius 2 is 1.86 bits per heavy atom. The molecule has 1 aliphatic rings. The number of furan rings is 1. The van der Waals surface area contributed by atoms with Crippen molar-refractivity contribution in [1.29, 1.82) is 0 Å². The summed E-state index contributed by atoms with van der Waals surface area (Å²) >= 11 is 5.99. The molecule has 3 heterocycles. The van der Waals surface area contributed by atoms with Crippen LogP contribution in [0.5, 0.6) is 0 Å². The smallest absolute Gasteiger partial charge is 0.277 e. The van der Waals surface area contributed by atoms with Crippen LogP contribution in [-0.4, -0.2) is 27.1 Å². The van der Waals surface area contributed by atoms with Crippen LogP contribution in [0.3, 0.4) is 0 Å². The number of halogens is 1. The molecule has 1 atom stereocenters. The first kappa shape index (κ1) is 23.9. The molecule has 8 heteroatoms. The van der Waals surface area contributed by atoms with E-state index in [9.17, 15) is 9.59 Å². The first-order chi connectivity index (χ1) is 17.3. The number of fused-ring (bicyclic) bond motifs is 1. The van der Waals surface area contributed by atoms with E-state index in [0.29, 0.717) is 40.3 Å². The zero-order valence-electron chi connectivity index (χ0n) is 20.4. The van der Waals surface area contributed by atoms with Crippen LogP contribution >= 0.6 is 11.6 Å². The van der Waals surface area contributed by atoms with Crippen molar-refractivity contribution in [2.75, 3.05) is 4.90 Å². The number of nitrogens with zero attached hydrogens (tertiary/aromatic N) is 3. The Kier molecular flexibility index (Phi) is 6.18. The molecule has 1 unspecified atom stereocenters. The maximum Gasteiger partial charge on any atom is 0.277 e. The lowest BCUT2D eigenvalue weighted by molar-refractivity contribution is -0.126. The summed E-state index contributed by atoms with van der Waals surface area (Å²) in [6.45, 7) is 6.50. The Balaban J connectivity index is 1.52. The van der Waals surface area contributed by atoms with Gasteiger partial charge in [0.15, 0.2) is 5.76 Å². The van der Waals surface area contributed by atoms with Crippen LogP contribution in [0.15, 0.2) is 77.4 Å². The van der Waals surface area contributed by atoms with Gasteiger partial charge in [-0.25, -0.2) is 0 Å². The second kappa shape index (κ2) is 9.32. The Morgan fingerprint density at radius 1 is 1.14 bits per heavy atom. The maximum absolute atomic E-state index is 13.9. The van der Waals surface area contributed by atoms with Gasteiger partial charge in [0.1, 0.15) is 16.9 Å². The van der Waals surface area contributed by atoms with Crippen LogP contribution in [0.2, 0.25) is 5.02 Å². The van der Waals surface area contributed by atoms with Crippen molar-refractivity contribution < 1.29 is 14.0 Å². The second-order valence-electron chi connectivity index (χ2n) is 9.52. The van der Waals surface area contributed by atoms with Gasteiger partial charge in [0.25, 0.3) is 5.91 Å². The van der Waals surface area contributed by atoms with Gasteiger partial charge in [-0.15, -0.1) is 0 Å². The molecule has 0 bridgehead atoms. The summed E-state index contributed by atoms with van der Waals surface area (Å²) in [5.74, 6) is 0.335. The molecule has 1 N–H and O–H groups in total. The fourth-order valence-corrected chi connectivity index (χ4v) is 4.64.